The van der Waals surface area contributed by atoms with Crippen LogP contribution in [-0.4, -0.2) is 61.5 Å². The van der Waals surface area contributed by atoms with Crippen LogP contribution in [0.15, 0.2) is 47.5 Å². The van der Waals surface area contributed by atoms with E-state index in [9.17, 15) is 36.8 Å². The first-order valence-electron chi connectivity index (χ1n) is 12.2. The largest absolute Gasteiger partial charge is 0.588 e. The molecule has 1 aliphatic heterocycles. The summed E-state index contributed by atoms with van der Waals surface area (Å²) in [5.74, 6) is -2.82. The topological polar surface area (TPSA) is 140 Å². The van der Waals surface area contributed by atoms with Crippen LogP contribution in [0.5, 0.6) is 11.6 Å². The summed E-state index contributed by atoms with van der Waals surface area (Å²) in [7, 11) is 1.32. The molecule has 0 radical (unpaired) electrons. The summed E-state index contributed by atoms with van der Waals surface area (Å²) >= 11 is -2.00. The van der Waals surface area contributed by atoms with Gasteiger partial charge in [0.1, 0.15) is 16.9 Å². The van der Waals surface area contributed by atoms with E-state index in [1.54, 1.807) is 0 Å². The average Bonchev–Trinajstić information content (AvgIpc) is 3.34. The molecule has 218 valence electrons. The Morgan fingerprint density at radius 3 is 2.61 bits per heavy atom. The minimum Gasteiger partial charge on any atom is -0.588 e. The first-order chi connectivity index (χ1) is 19.3. The number of β-amino-alcohol motifs (C(OH)–C–C–N with tert-alkyl or cyclic N) is 1. The van der Waals surface area contributed by atoms with Crippen molar-refractivity contribution in [2.45, 2.75) is 43.5 Å². The Labute approximate surface area is 235 Å². The molecule has 0 spiro atoms. The Kier molecular flexibility index (Phi) is 8.82. The van der Waals surface area contributed by atoms with Gasteiger partial charge in [-0.2, -0.15) is 21.9 Å². The number of likely N-dealkylation sites (N-methyl/N-ethyl adjacent to an activating group) is 1. The predicted molar refractivity (Wildman–Crippen MR) is 139 cm³/mol. The van der Waals surface area contributed by atoms with Crippen LogP contribution in [0, 0.1) is 19.8 Å². The Morgan fingerprint density at radius 1 is 1.24 bits per heavy atom. The Hall–Kier alpha value is -3.79. The van der Waals surface area contributed by atoms with Crippen LogP contribution in [0.25, 0.3) is 0 Å². The number of hydrogen-bond acceptors (Lipinski definition) is 8. The number of nitrogens with zero attached hydrogens (tertiary/aromatic N) is 3. The predicted octanol–water partition coefficient (Wildman–Crippen LogP) is 3.50. The van der Waals surface area contributed by atoms with Gasteiger partial charge < -0.3 is 25.0 Å². The SMILES string of the molecule is Cc1nc(F)ccc1Oc1ncc(C(F)(F)F)c(C)c1C(=O)Nc1cccc([S@@+]([O-])N(C)C(=O)[C@@H]2C[C@H](O)CN2)c1. The van der Waals surface area contributed by atoms with Gasteiger partial charge in [-0.3, -0.25) is 9.59 Å². The Balaban J connectivity index is 1.62. The van der Waals surface area contributed by atoms with Crippen molar-refractivity contribution in [3.8, 4) is 11.6 Å². The number of amides is 2. The van der Waals surface area contributed by atoms with Gasteiger partial charge >= 0.3 is 6.18 Å². The molecule has 3 atom stereocenters. The van der Waals surface area contributed by atoms with Crippen molar-refractivity contribution in [1.29, 1.82) is 0 Å². The molecule has 1 aliphatic rings. The highest BCUT2D eigenvalue weighted by Crippen LogP contribution is 2.37. The molecule has 15 heteroatoms. The van der Waals surface area contributed by atoms with Crippen LogP contribution in [0.3, 0.4) is 0 Å². The number of rotatable bonds is 7. The molecule has 3 N–H and O–H groups in total. The second kappa shape index (κ2) is 12.0. The highest BCUT2D eigenvalue weighted by atomic mass is 32.2. The van der Waals surface area contributed by atoms with Crippen molar-refractivity contribution in [2.24, 2.45) is 0 Å². The van der Waals surface area contributed by atoms with E-state index >= 15 is 0 Å². The number of benzene rings is 1. The summed E-state index contributed by atoms with van der Waals surface area (Å²) in [6.07, 6.45) is -4.83. The summed E-state index contributed by atoms with van der Waals surface area (Å²) in [5, 5.41) is 15.0. The molecule has 0 unspecified atom stereocenters. The number of aryl methyl sites for hydroxylation is 1. The van der Waals surface area contributed by atoms with Crippen LogP contribution >= 0.6 is 0 Å². The zero-order chi connectivity index (χ0) is 30.1. The van der Waals surface area contributed by atoms with Crippen LogP contribution in [0.2, 0.25) is 0 Å². The van der Waals surface area contributed by atoms with Crippen molar-refractivity contribution in [3.63, 3.8) is 0 Å². The molecule has 3 aromatic rings. The zero-order valence-electron chi connectivity index (χ0n) is 22.0. The maximum absolute atomic E-state index is 13.7. The molecular weight excluding hydrogens is 570 g/mol. The normalized spacial score (nSPS) is 17.7. The maximum Gasteiger partial charge on any atom is 0.418 e. The van der Waals surface area contributed by atoms with E-state index < -0.39 is 70.0 Å². The number of aromatic nitrogens is 2. The highest BCUT2D eigenvalue weighted by Gasteiger charge is 2.37. The van der Waals surface area contributed by atoms with Gasteiger partial charge in [-0.15, -0.1) is 0 Å². The second-order valence-corrected chi connectivity index (χ2v) is 10.7. The fourth-order valence-corrected chi connectivity index (χ4v) is 5.21. The quantitative estimate of drug-likeness (QED) is 0.214. The van der Waals surface area contributed by atoms with E-state index in [-0.39, 0.29) is 35.0 Å². The van der Waals surface area contributed by atoms with Gasteiger partial charge in [0.05, 0.1) is 30.5 Å². The molecule has 1 fully saturated rings. The number of aliphatic hydroxyl groups is 1. The minimum atomic E-state index is -4.82. The van der Waals surface area contributed by atoms with Gasteiger partial charge in [0.2, 0.25) is 11.8 Å². The summed E-state index contributed by atoms with van der Waals surface area (Å²) in [6, 6.07) is 7.09. The fourth-order valence-electron chi connectivity index (χ4n) is 4.18. The van der Waals surface area contributed by atoms with E-state index in [1.165, 1.54) is 44.3 Å². The number of pyridine rings is 2. The van der Waals surface area contributed by atoms with Crippen molar-refractivity contribution in [3.05, 3.63) is 70.9 Å². The van der Waals surface area contributed by atoms with Crippen LogP contribution < -0.4 is 15.4 Å². The molecule has 2 amide bonds. The minimum absolute atomic E-state index is 0.0264. The molecule has 1 saturated heterocycles. The van der Waals surface area contributed by atoms with Crippen molar-refractivity contribution < 1.29 is 41.5 Å². The van der Waals surface area contributed by atoms with Crippen LogP contribution in [-0.2, 0) is 22.3 Å². The number of alkyl halides is 3. The Morgan fingerprint density at radius 2 is 1.98 bits per heavy atom. The highest BCUT2D eigenvalue weighted by molar-refractivity contribution is 7.89. The number of ether oxygens (including phenoxy) is 1. The number of nitrogens with one attached hydrogen (secondary N) is 2. The lowest BCUT2D eigenvalue weighted by atomic mass is 10.0. The molecule has 3 heterocycles. The second-order valence-electron chi connectivity index (χ2n) is 9.21. The molecule has 0 saturated carbocycles. The van der Waals surface area contributed by atoms with Gasteiger partial charge in [0.25, 0.3) is 11.8 Å². The van der Waals surface area contributed by atoms with Crippen molar-refractivity contribution in [1.82, 2.24) is 19.6 Å². The monoisotopic (exact) mass is 595 g/mol. The summed E-state index contributed by atoms with van der Waals surface area (Å²) < 4.78 is 74.1. The van der Waals surface area contributed by atoms with Crippen LogP contribution in [0.1, 0.15) is 33.6 Å². The molecule has 41 heavy (non-hydrogen) atoms. The van der Waals surface area contributed by atoms with E-state index in [0.717, 1.165) is 17.3 Å². The number of hydrogen-bond donors (Lipinski definition) is 3. The van der Waals surface area contributed by atoms with E-state index in [4.69, 9.17) is 4.74 Å². The summed E-state index contributed by atoms with van der Waals surface area (Å²) in [4.78, 5) is 33.5. The number of carbonyl (C=O) groups excluding carboxylic acids is 2. The third-order valence-corrected chi connectivity index (χ3v) is 7.64. The average molecular weight is 596 g/mol. The van der Waals surface area contributed by atoms with Gasteiger partial charge in [-0.1, -0.05) is 6.07 Å². The summed E-state index contributed by atoms with van der Waals surface area (Å²) in [6.45, 7) is 2.72. The van der Waals surface area contributed by atoms with Crippen LogP contribution in [0.4, 0.5) is 23.2 Å². The number of anilines is 1. The number of halogens is 4. The summed E-state index contributed by atoms with van der Waals surface area (Å²) in [5.41, 5.74) is -2.02. The molecular formula is C26H25F4N5O5S. The molecule has 0 aliphatic carbocycles. The lowest BCUT2D eigenvalue weighted by Gasteiger charge is -2.23. The number of aliphatic hydroxyl groups excluding tert-OH is 1. The standard InChI is InChI=1S/C26H25F4N5O5S/c1-13-18(26(28,29)30)12-32-24(40-20-7-8-21(27)33-14(20)2)22(13)23(37)34-15-5-4-6-17(9-15)41(39)35(3)25(38)19-10-16(36)11-31-19/h4-9,12,16,19,31,36H,10-11H2,1-3H3,(H,34,37)/t16-,19-,41+/m0/s1. The van der Waals surface area contributed by atoms with Crippen molar-refractivity contribution >= 4 is 28.9 Å². The van der Waals surface area contributed by atoms with Gasteiger partial charge in [-0.25, -0.2) is 9.97 Å². The smallest absolute Gasteiger partial charge is 0.418 e. The molecule has 1 aromatic carbocycles. The number of carbonyl (C=O) groups is 2. The Bertz CT molecular complexity index is 1470. The molecule has 4 rings (SSSR count). The van der Waals surface area contributed by atoms with Gasteiger partial charge in [-0.05, 0) is 50.1 Å². The lowest BCUT2D eigenvalue weighted by Crippen LogP contribution is -2.44. The van der Waals surface area contributed by atoms with Crippen molar-refractivity contribution in [2.75, 3.05) is 18.9 Å². The molecule has 2 aromatic heterocycles. The van der Waals surface area contributed by atoms with E-state index in [1.807, 2.05) is 0 Å². The fraction of sp³-hybridized carbons (Fsp3) is 0.308. The molecule has 10 nitrogen and oxygen atoms in total. The lowest BCUT2D eigenvalue weighted by molar-refractivity contribution is -0.138. The van der Waals surface area contributed by atoms with E-state index in [2.05, 4.69) is 20.6 Å². The van der Waals surface area contributed by atoms with E-state index in [0.29, 0.717) is 6.20 Å². The third-order valence-electron chi connectivity index (χ3n) is 6.30. The van der Waals surface area contributed by atoms with Gasteiger partial charge in [0, 0.05) is 24.5 Å². The molecule has 0 bridgehead atoms. The zero-order valence-corrected chi connectivity index (χ0v) is 22.8. The first-order valence-corrected chi connectivity index (χ1v) is 13.3. The van der Waals surface area contributed by atoms with Gasteiger partial charge in [0.15, 0.2) is 10.6 Å². The first kappa shape index (κ1) is 30.2. The maximum atomic E-state index is 13.7. The third kappa shape index (κ3) is 6.75.